The summed E-state index contributed by atoms with van der Waals surface area (Å²) in [7, 11) is 1.58. The Bertz CT molecular complexity index is 1550. The Morgan fingerprint density at radius 2 is 1.91 bits per heavy atom. The molecule has 0 amide bonds. The van der Waals surface area contributed by atoms with E-state index < -0.39 is 0 Å². The minimum Gasteiger partial charge on any atom is -0.481 e. The number of likely N-dealkylation sites (tertiary alicyclic amines) is 1. The van der Waals surface area contributed by atoms with Crippen LogP contribution in [0.3, 0.4) is 0 Å². The van der Waals surface area contributed by atoms with E-state index in [2.05, 4.69) is 9.88 Å². The molecule has 1 aromatic carbocycles. The van der Waals surface area contributed by atoms with Gasteiger partial charge in [0.15, 0.2) is 0 Å². The van der Waals surface area contributed by atoms with Gasteiger partial charge in [-0.3, -0.25) is 14.3 Å². The van der Waals surface area contributed by atoms with E-state index in [1.807, 2.05) is 28.8 Å². The summed E-state index contributed by atoms with van der Waals surface area (Å²) in [6.07, 6.45) is 4.22. The largest absolute Gasteiger partial charge is 0.481 e. The van der Waals surface area contributed by atoms with Crippen molar-refractivity contribution in [2.75, 3.05) is 26.7 Å². The minimum atomic E-state index is -0.299. The highest BCUT2D eigenvalue weighted by molar-refractivity contribution is 5.92. The number of rotatable bonds is 5. The number of ether oxygens (including phenoxy) is 1. The predicted molar refractivity (Wildman–Crippen MR) is 132 cm³/mol. The normalized spacial score (nSPS) is 15.4. The van der Waals surface area contributed by atoms with E-state index in [-0.39, 0.29) is 17.4 Å². The topological polar surface area (TPSA) is 73.4 Å². The van der Waals surface area contributed by atoms with Crippen molar-refractivity contribution in [1.29, 1.82) is 0 Å². The molecule has 3 aliphatic rings. The van der Waals surface area contributed by atoms with E-state index in [1.165, 1.54) is 12.1 Å². The SMILES string of the molecule is COc1ccc2ccc(=O)n(C3CCN(CCc4cc5coc6ccc(F)cc6c-5n4)CC3)c2n1. The van der Waals surface area contributed by atoms with Gasteiger partial charge in [0.2, 0.25) is 5.88 Å². The average molecular weight is 473 g/mol. The highest BCUT2D eigenvalue weighted by atomic mass is 19.1. The lowest BCUT2D eigenvalue weighted by molar-refractivity contribution is 0.188. The van der Waals surface area contributed by atoms with E-state index in [0.717, 1.165) is 61.2 Å². The molecule has 6 rings (SSSR count). The second-order valence-corrected chi connectivity index (χ2v) is 9.06. The van der Waals surface area contributed by atoms with Crippen molar-refractivity contribution in [3.8, 4) is 17.1 Å². The predicted octanol–water partition coefficient (Wildman–Crippen LogP) is 4.67. The Balaban J connectivity index is 1.16. The van der Waals surface area contributed by atoms with Gasteiger partial charge >= 0.3 is 0 Å². The first kappa shape index (κ1) is 21.7. The number of fused-ring (bicyclic) bond motifs is 4. The smallest absolute Gasteiger partial charge is 0.252 e. The van der Waals surface area contributed by atoms with Crippen molar-refractivity contribution >= 4 is 22.0 Å². The molecule has 0 atom stereocenters. The van der Waals surface area contributed by atoms with Gasteiger partial charge in [0.25, 0.3) is 5.56 Å². The summed E-state index contributed by atoms with van der Waals surface area (Å²) < 4.78 is 26.5. The van der Waals surface area contributed by atoms with Gasteiger partial charge in [-0.15, -0.1) is 0 Å². The zero-order chi connectivity index (χ0) is 23.9. The van der Waals surface area contributed by atoms with Crippen LogP contribution in [0.1, 0.15) is 24.6 Å². The molecular weight excluding hydrogens is 447 g/mol. The van der Waals surface area contributed by atoms with Crippen molar-refractivity contribution in [2.45, 2.75) is 25.3 Å². The Hall–Kier alpha value is -3.78. The standard InChI is InChI=1S/C27H25FN4O3/c1-34-24-6-2-17-3-7-25(33)32(27(17)30-24)21-9-12-31(13-10-21)11-8-20-14-18-16-35-23-5-4-19(28)15-22(23)26(18)29-20/h2-7,14-16,21H,8-13H2,1H3. The van der Waals surface area contributed by atoms with E-state index in [4.69, 9.17) is 14.1 Å². The molecule has 2 aromatic heterocycles. The monoisotopic (exact) mass is 472 g/mol. The van der Waals surface area contributed by atoms with Crippen LogP contribution in [-0.4, -0.2) is 46.2 Å². The molecule has 0 unspecified atom stereocenters. The molecule has 3 aliphatic heterocycles. The maximum atomic E-state index is 13.8. The van der Waals surface area contributed by atoms with E-state index in [1.54, 1.807) is 25.5 Å². The van der Waals surface area contributed by atoms with Gasteiger partial charge in [-0.1, -0.05) is 0 Å². The number of nitrogens with zero attached hydrogens (tertiary/aromatic N) is 4. The van der Waals surface area contributed by atoms with E-state index in [0.29, 0.717) is 22.5 Å². The third kappa shape index (κ3) is 4.04. The fraction of sp³-hybridized carbons (Fsp3) is 0.296. The van der Waals surface area contributed by atoms with Crippen LogP contribution in [0.25, 0.3) is 33.3 Å². The number of benzene rings is 1. The number of hydrogen-bond donors (Lipinski definition) is 0. The minimum absolute atomic E-state index is 0.0292. The molecule has 0 spiro atoms. The van der Waals surface area contributed by atoms with Crippen LogP contribution in [0, 0.1) is 5.82 Å². The van der Waals surface area contributed by atoms with Gasteiger partial charge in [0.1, 0.15) is 23.3 Å². The Morgan fingerprint density at radius 3 is 2.74 bits per heavy atom. The van der Waals surface area contributed by atoms with Gasteiger partial charge < -0.3 is 14.1 Å². The molecule has 0 saturated carbocycles. The summed E-state index contributed by atoms with van der Waals surface area (Å²) in [5.74, 6) is 0.207. The maximum Gasteiger partial charge on any atom is 0.252 e. The number of pyridine rings is 2. The van der Waals surface area contributed by atoms with Gasteiger partial charge in [-0.25, -0.2) is 4.39 Å². The van der Waals surface area contributed by atoms with Gasteiger partial charge in [-0.2, -0.15) is 4.98 Å². The van der Waals surface area contributed by atoms with Gasteiger partial charge in [0.05, 0.1) is 12.8 Å². The van der Waals surface area contributed by atoms with Crippen LogP contribution in [0.2, 0.25) is 0 Å². The van der Waals surface area contributed by atoms with Crippen molar-refractivity contribution < 1.29 is 13.5 Å². The number of piperidine rings is 1. The molecule has 8 heteroatoms. The molecule has 35 heavy (non-hydrogen) atoms. The molecule has 0 bridgehead atoms. The third-order valence-corrected chi connectivity index (χ3v) is 6.93. The summed E-state index contributed by atoms with van der Waals surface area (Å²) in [5.41, 5.74) is 3.90. The number of hydrogen-bond acceptors (Lipinski definition) is 6. The summed E-state index contributed by atoms with van der Waals surface area (Å²) in [6.45, 7) is 2.65. The van der Waals surface area contributed by atoms with Gasteiger partial charge in [-0.05, 0) is 49.2 Å². The molecule has 0 radical (unpaired) electrons. The van der Waals surface area contributed by atoms with Crippen molar-refractivity contribution in [1.82, 2.24) is 19.4 Å². The molecule has 0 N–H and O–H groups in total. The van der Waals surface area contributed by atoms with Crippen molar-refractivity contribution in [3.63, 3.8) is 0 Å². The van der Waals surface area contributed by atoms with Gasteiger partial charge in [0, 0.05) is 66.3 Å². The van der Waals surface area contributed by atoms with Crippen molar-refractivity contribution in [2.24, 2.45) is 0 Å². The molecule has 178 valence electrons. The highest BCUT2D eigenvalue weighted by Gasteiger charge is 2.24. The van der Waals surface area contributed by atoms with Crippen LogP contribution < -0.4 is 10.3 Å². The maximum absolute atomic E-state index is 13.8. The second kappa shape index (κ2) is 8.78. The quantitative estimate of drug-likeness (QED) is 0.370. The second-order valence-electron chi connectivity index (χ2n) is 9.06. The molecule has 1 saturated heterocycles. The Labute approximate surface area is 201 Å². The van der Waals surface area contributed by atoms with E-state index in [9.17, 15) is 9.18 Å². The molecular formula is C27H25FN4O3. The molecule has 0 aliphatic carbocycles. The Morgan fingerprint density at radius 1 is 1.09 bits per heavy atom. The van der Waals surface area contributed by atoms with Crippen LogP contribution in [0.4, 0.5) is 4.39 Å². The highest BCUT2D eigenvalue weighted by Crippen LogP contribution is 2.32. The summed E-state index contributed by atoms with van der Waals surface area (Å²) in [5, 5.41) is 1.63. The molecule has 7 nitrogen and oxygen atoms in total. The fourth-order valence-corrected chi connectivity index (χ4v) is 5.09. The number of aromatic nitrogens is 3. The van der Waals surface area contributed by atoms with Crippen LogP contribution in [0.5, 0.6) is 5.88 Å². The van der Waals surface area contributed by atoms with Crippen LogP contribution >= 0.6 is 0 Å². The van der Waals surface area contributed by atoms with Crippen LogP contribution in [0.15, 0.2) is 64.0 Å². The van der Waals surface area contributed by atoms with Crippen LogP contribution in [-0.2, 0) is 6.42 Å². The first-order chi connectivity index (χ1) is 17.1. The molecule has 1 fully saturated rings. The number of methoxy groups -OCH3 is 1. The first-order valence-electron chi connectivity index (χ1n) is 11.8. The Kier molecular flexibility index (Phi) is 5.45. The lowest BCUT2D eigenvalue weighted by Gasteiger charge is -2.33. The lowest BCUT2D eigenvalue weighted by Crippen LogP contribution is -2.38. The lowest BCUT2D eigenvalue weighted by atomic mass is 10.0. The molecule has 3 aromatic rings. The third-order valence-electron chi connectivity index (χ3n) is 6.93. The number of halogens is 1. The molecule has 5 heterocycles. The zero-order valence-electron chi connectivity index (χ0n) is 19.4. The van der Waals surface area contributed by atoms with E-state index >= 15 is 0 Å². The fourth-order valence-electron chi connectivity index (χ4n) is 5.09. The summed E-state index contributed by atoms with van der Waals surface area (Å²) in [4.78, 5) is 24.5. The summed E-state index contributed by atoms with van der Waals surface area (Å²) in [6, 6.07) is 13.8. The summed E-state index contributed by atoms with van der Waals surface area (Å²) >= 11 is 0. The van der Waals surface area contributed by atoms with Crippen molar-refractivity contribution in [3.05, 3.63) is 76.7 Å². The average Bonchev–Trinajstić information content (AvgIpc) is 3.31. The first-order valence-corrected chi connectivity index (χ1v) is 11.8. The zero-order valence-corrected chi connectivity index (χ0v) is 19.4.